The third-order valence-corrected chi connectivity index (χ3v) is 2.33. The summed E-state index contributed by atoms with van der Waals surface area (Å²) in [6.45, 7) is 2.50. The van der Waals surface area contributed by atoms with Crippen LogP contribution in [-0.4, -0.2) is 16.7 Å². The summed E-state index contributed by atoms with van der Waals surface area (Å²) in [5.41, 5.74) is 0.447. The molecule has 0 aliphatic heterocycles. The first-order valence-corrected chi connectivity index (χ1v) is 4.91. The van der Waals surface area contributed by atoms with Gasteiger partial charge in [-0.05, 0) is 22.9 Å². The molecule has 0 saturated heterocycles. The van der Waals surface area contributed by atoms with Gasteiger partial charge in [0.15, 0.2) is 0 Å². The van der Waals surface area contributed by atoms with Gasteiger partial charge in [-0.15, -0.1) is 11.8 Å². The average Bonchev–Trinajstić information content (AvgIpc) is 2.19. The molecule has 0 amide bonds. The van der Waals surface area contributed by atoms with Gasteiger partial charge in [-0.25, -0.2) is 5.10 Å². The van der Waals surface area contributed by atoms with Crippen LogP contribution in [0.3, 0.4) is 0 Å². The summed E-state index contributed by atoms with van der Waals surface area (Å²) in [5, 5.41) is 9.06. The minimum atomic E-state index is -0.239. The van der Waals surface area contributed by atoms with E-state index >= 15 is 0 Å². The lowest BCUT2D eigenvalue weighted by molar-refractivity contribution is 0.969. The van der Waals surface area contributed by atoms with E-state index < -0.39 is 0 Å². The summed E-state index contributed by atoms with van der Waals surface area (Å²) >= 11 is 3.17. The lowest BCUT2D eigenvalue weighted by Gasteiger charge is -2.03. The molecule has 0 saturated carbocycles. The predicted molar refractivity (Wildman–Crippen MR) is 59.1 cm³/mol. The van der Waals surface area contributed by atoms with Crippen molar-refractivity contribution in [3.8, 4) is 11.8 Å². The highest BCUT2D eigenvalue weighted by Gasteiger charge is 2.02. The SMILES string of the molecule is CC#CCCNc1cn[nH]c(=O)c1Br. The Labute approximate surface area is 90.2 Å². The smallest absolute Gasteiger partial charge is 0.280 e. The number of aromatic nitrogens is 2. The van der Waals surface area contributed by atoms with Crippen LogP contribution in [-0.2, 0) is 0 Å². The molecule has 0 radical (unpaired) electrons. The van der Waals surface area contributed by atoms with Crippen LogP contribution < -0.4 is 10.9 Å². The number of halogens is 1. The molecule has 0 aliphatic rings. The van der Waals surface area contributed by atoms with Crippen LogP contribution in [0.5, 0.6) is 0 Å². The summed E-state index contributed by atoms with van der Waals surface area (Å²) in [7, 11) is 0. The van der Waals surface area contributed by atoms with Crippen LogP contribution in [0.25, 0.3) is 0 Å². The van der Waals surface area contributed by atoms with E-state index in [-0.39, 0.29) is 5.56 Å². The Kier molecular flexibility index (Phi) is 4.20. The van der Waals surface area contributed by atoms with Crippen LogP contribution in [0.1, 0.15) is 13.3 Å². The zero-order valence-electron chi connectivity index (χ0n) is 7.72. The number of hydrogen-bond acceptors (Lipinski definition) is 3. The molecule has 0 unspecified atom stereocenters. The highest BCUT2D eigenvalue weighted by Crippen LogP contribution is 2.14. The fourth-order valence-corrected chi connectivity index (χ4v) is 1.22. The molecule has 14 heavy (non-hydrogen) atoms. The summed E-state index contributed by atoms with van der Waals surface area (Å²) in [5.74, 6) is 5.71. The van der Waals surface area contributed by atoms with Gasteiger partial charge in [0.2, 0.25) is 0 Å². The Morgan fingerprint density at radius 1 is 1.71 bits per heavy atom. The first kappa shape index (κ1) is 10.8. The molecule has 0 spiro atoms. The number of aromatic amines is 1. The van der Waals surface area contributed by atoms with Crippen molar-refractivity contribution in [2.75, 3.05) is 11.9 Å². The van der Waals surface area contributed by atoms with E-state index in [1.807, 2.05) is 0 Å². The maximum absolute atomic E-state index is 11.1. The van der Waals surface area contributed by atoms with E-state index in [9.17, 15) is 4.79 Å². The van der Waals surface area contributed by atoms with Crippen LogP contribution in [0.4, 0.5) is 5.69 Å². The van der Waals surface area contributed by atoms with E-state index in [1.165, 1.54) is 0 Å². The molecule has 1 aromatic heterocycles. The molecule has 0 aliphatic carbocycles. The molecule has 4 nitrogen and oxygen atoms in total. The second-order valence-corrected chi connectivity index (χ2v) is 3.32. The predicted octanol–water partition coefficient (Wildman–Crippen LogP) is 1.36. The fourth-order valence-electron chi connectivity index (χ4n) is 0.891. The number of rotatable bonds is 3. The molecule has 0 fully saturated rings. The van der Waals surface area contributed by atoms with Crippen LogP contribution in [0.2, 0.25) is 0 Å². The highest BCUT2D eigenvalue weighted by molar-refractivity contribution is 9.10. The number of anilines is 1. The molecule has 0 aromatic carbocycles. The largest absolute Gasteiger partial charge is 0.382 e. The average molecular weight is 256 g/mol. The van der Waals surface area contributed by atoms with Crippen LogP contribution in [0, 0.1) is 11.8 Å². The molecule has 1 rings (SSSR count). The van der Waals surface area contributed by atoms with E-state index in [0.29, 0.717) is 16.7 Å². The number of nitrogens with zero attached hydrogens (tertiary/aromatic N) is 1. The minimum Gasteiger partial charge on any atom is -0.382 e. The Hall–Kier alpha value is -1.28. The van der Waals surface area contributed by atoms with E-state index in [1.54, 1.807) is 13.1 Å². The van der Waals surface area contributed by atoms with Gasteiger partial charge in [0.25, 0.3) is 5.56 Å². The maximum atomic E-state index is 11.1. The Balaban J connectivity index is 2.62. The summed E-state index contributed by atoms with van der Waals surface area (Å²) in [4.78, 5) is 11.1. The van der Waals surface area contributed by atoms with E-state index in [4.69, 9.17) is 0 Å². The van der Waals surface area contributed by atoms with Crippen molar-refractivity contribution in [3.05, 3.63) is 21.0 Å². The Bertz CT molecular complexity index is 416. The zero-order chi connectivity index (χ0) is 10.4. The molecule has 0 atom stereocenters. The standard InChI is InChI=1S/C9H10BrN3O/c1-2-3-4-5-11-7-6-12-13-9(14)8(7)10/h6H,4-5H2,1H3,(H2,11,13,14). The van der Waals surface area contributed by atoms with Gasteiger partial charge in [0.05, 0.1) is 11.9 Å². The van der Waals surface area contributed by atoms with Gasteiger partial charge >= 0.3 is 0 Å². The molecule has 2 N–H and O–H groups in total. The van der Waals surface area contributed by atoms with Crippen molar-refractivity contribution in [1.82, 2.24) is 10.2 Å². The lowest BCUT2D eigenvalue weighted by Crippen LogP contribution is -2.12. The second-order valence-electron chi connectivity index (χ2n) is 2.53. The van der Waals surface area contributed by atoms with Gasteiger partial charge < -0.3 is 5.32 Å². The maximum Gasteiger partial charge on any atom is 0.280 e. The summed E-state index contributed by atoms with van der Waals surface area (Å²) in [6.07, 6.45) is 2.31. The first-order chi connectivity index (χ1) is 6.75. The zero-order valence-corrected chi connectivity index (χ0v) is 9.31. The molecule has 0 bridgehead atoms. The van der Waals surface area contributed by atoms with Gasteiger partial charge in [-0.1, -0.05) is 0 Å². The normalized spacial score (nSPS) is 9.00. The molecule has 5 heteroatoms. The Morgan fingerprint density at radius 3 is 3.21 bits per heavy atom. The third-order valence-electron chi connectivity index (χ3n) is 1.54. The first-order valence-electron chi connectivity index (χ1n) is 4.12. The number of nitrogens with one attached hydrogen (secondary N) is 2. The second kappa shape index (κ2) is 5.45. The molecule has 1 heterocycles. The van der Waals surface area contributed by atoms with Crippen molar-refractivity contribution >= 4 is 21.6 Å². The van der Waals surface area contributed by atoms with Crippen molar-refractivity contribution in [1.29, 1.82) is 0 Å². The Morgan fingerprint density at radius 2 is 2.50 bits per heavy atom. The topological polar surface area (TPSA) is 57.8 Å². The van der Waals surface area contributed by atoms with Crippen molar-refractivity contribution in [3.63, 3.8) is 0 Å². The van der Waals surface area contributed by atoms with Gasteiger partial charge in [0, 0.05) is 13.0 Å². The minimum absolute atomic E-state index is 0.239. The molecule has 1 aromatic rings. The van der Waals surface area contributed by atoms with Crippen molar-refractivity contribution < 1.29 is 0 Å². The van der Waals surface area contributed by atoms with Gasteiger partial charge in [-0.3, -0.25) is 4.79 Å². The van der Waals surface area contributed by atoms with E-state index in [2.05, 4.69) is 43.3 Å². The van der Waals surface area contributed by atoms with Crippen LogP contribution >= 0.6 is 15.9 Å². The number of H-pyrrole nitrogens is 1. The lowest BCUT2D eigenvalue weighted by atomic mass is 10.4. The summed E-state index contributed by atoms with van der Waals surface area (Å²) in [6, 6.07) is 0. The fraction of sp³-hybridized carbons (Fsp3) is 0.333. The highest BCUT2D eigenvalue weighted by atomic mass is 79.9. The summed E-state index contributed by atoms with van der Waals surface area (Å²) < 4.78 is 0.469. The van der Waals surface area contributed by atoms with Gasteiger partial charge in [0.1, 0.15) is 4.47 Å². The monoisotopic (exact) mass is 255 g/mol. The third kappa shape index (κ3) is 2.89. The van der Waals surface area contributed by atoms with Gasteiger partial charge in [-0.2, -0.15) is 5.10 Å². The van der Waals surface area contributed by atoms with Crippen molar-refractivity contribution in [2.24, 2.45) is 0 Å². The molecular formula is C9H10BrN3O. The molecular weight excluding hydrogens is 246 g/mol. The molecule has 74 valence electrons. The quantitative estimate of drug-likeness (QED) is 0.634. The van der Waals surface area contributed by atoms with Crippen molar-refractivity contribution in [2.45, 2.75) is 13.3 Å². The van der Waals surface area contributed by atoms with E-state index in [0.717, 1.165) is 6.42 Å². The van der Waals surface area contributed by atoms with Crippen LogP contribution in [0.15, 0.2) is 15.5 Å². The number of hydrogen-bond donors (Lipinski definition) is 2.